The van der Waals surface area contributed by atoms with Gasteiger partial charge in [0.25, 0.3) is 0 Å². The van der Waals surface area contributed by atoms with Crippen LogP contribution in [0.3, 0.4) is 0 Å². The Morgan fingerprint density at radius 3 is 2.92 bits per heavy atom. The highest BCUT2D eigenvalue weighted by atomic mass is 15.3. The Morgan fingerprint density at radius 1 is 1.58 bits per heavy atom. The van der Waals surface area contributed by atoms with E-state index in [-0.39, 0.29) is 0 Å². The monoisotopic (exact) mass is 172 g/mol. The molecule has 12 heavy (non-hydrogen) atoms. The van der Waals surface area contributed by atoms with Crippen molar-refractivity contribution in [1.82, 2.24) is 16.1 Å². The molecule has 0 aromatic heterocycles. The summed E-state index contributed by atoms with van der Waals surface area (Å²) in [5, 5.41) is 9.19. The molecule has 0 aromatic rings. The molecule has 0 amide bonds. The topological polar surface area (TPSA) is 98.3 Å². The molecule has 0 aliphatic rings. The number of rotatable bonds is 8. The first kappa shape index (κ1) is 11.0. The Bertz CT molecular complexity index is 134. The summed E-state index contributed by atoms with van der Waals surface area (Å²) in [5.74, 6) is 5.03. The Morgan fingerprint density at radius 2 is 2.33 bits per heavy atom. The van der Waals surface area contributed by atoms with Gasteiger partial charge in [0.15, 0.2) is 0 Å². The van der Waals surface area contributed by atoms with Gasteiger partial charge in [-0.1, -0.05) is 6.58 Å². The van der Waals surface area contributed by atoms with Crippen LogP contribution in [0.5, 0.6) is 0 Å². The lowest BCUT2D eigenvalue weighted by molar-refractivity contribution is 0.609. The summed E-state index contributed by atoms with van der Waals surface area (Å²) in [7, 11) is 0. The van der Waals surface area contributed by atoms with Gasteiger partial charge >= 0.3 is 0 Å². The molecule has 6 nitrogen and oxygen atoms in total. The fourth-order valence-corrected chi connectivity index (χ4v) is 0.637. The van der Waals surface area contributed by atoms with Crippen molar-refractivity contribution in [2.45, 2.75) is 0 Å². The molecule has 0 bridgehead atoms. The van der Waals surface area contributed by atoms with Gasteiger partial charge in [-0.25, -0.2) is 11.0 Å². The van der Waals surface area contributed by atoms with Crippen LogP contribution >= 0.6 is 0 Å². The zero-order valence-corrected chi connectivity index (χ0v) is 7.06. The minimum absolute atomic E-state index is 0.480. The van der Waals surface area contributed by atoms with Gasteiger partial charge < -0.3 is 5.32 Å². The molecule has 6 N–H and O–H groups in total. The van der Waals surface area contributed by atoms with Crippen LogP contribution in [0.15, 0.2) is 17.4 Å². The predicted octanol–water partition coefficient (Wildman–Crippen LogP) is -0.869. The van der Waals surface area contributed by atoms with Crippen LogP contribution in [0.1, 0.15) is 0 Å². The van der Waals surface area contributed by atoms with E-state index >= 15 is 0 Å². The minimum Gasteiger partial charge on any atom is -0.386 e. The van der Waals surface area contributed by atoms with Gasteiger partial charge in [0.05, 0.1) is 13.2 Å². The van der Waals surface area contributed by atoms with Crippen molar-refractivity contribution in [3.05, 3.63) is 12.3 Å². The average molecular weight is 172 g/mol. The third-order valence-corrected chi connectivity index (χ3v) is 1.16. The Kier molecular flexibility index (Phi) is 7.46. The molecule has 0 atom stereocenters. The summed E-state index contributed by atoms with van der Waals surface area (Å²) in [5.41, 5.74) is 9.86. The molecule has 0 saturated heterocycles. The van der Waals surface area contributed by atoms with Crippen LogP contribution in [-0.4, -0.2) is 26.3 Å². The fraction of sp³-hybridized carbons (Fsp3) is 0.667. The van der Waals surface area contributed by atoms with E-state index in [9.17, 15) is 0 Å². The normalized spacial score (nSPS) is 9.42. The number of nitrogens with one attached hydrogen (secondary N) is 4. The van der Waals surface area contributed by atoms with E-state index in [2.05, 4.69) is 27.8 Å². The van der Waals surface area contributed by atoms with Gasteiger partial charge in [-0.15, -0.1) is 0 Å². The highest BCUT2D eigenvalue weighted by molar-refractivity contribution is 4.93. The van der Waals surface area contributed by atoms with Crippen molar-refractivity contribution in [2.75, 3.05) is 26.3 Å². The Labute approximate surface area is 72.1 Å². The smallest absolute Gasteiger partial charge is 0.0768 e. The van der Waals surface area contributed by atoms with E-state index in [1.54, 1.807) is 0 Å². The summed E-state index contributed by atoms with van der Waals surface area (Å²) < 4.78 is 0. The molecule has 0 rings (SSSR count). The molecule has 0 aliphatic heterocycles. The van der Waals surface area contributed by atoms with Gasteiger partial charge in [0.1, 0.15) is 0 Å². The van der Waals surface area contributed by atoms with Gasteiger partial charge in [0, 0.05) is 18.8 Å². The Balaban J connectivity index is 3.15. The molecule has 0 unspecified atom stereocenters. The summed E-state index contributed by atoms with van der Waals surface area (Å²) >= 11 is 0. The van der Waals surface area contributed by atoms with E-state index in [0.29, 0.717) is 26.3 Å². The zero-order valence-electron chi connectivity index (χ0n) is 7.06. The molecule has 0 fully saturated rings. The van der Waals surface area contributed by atoms with Crippen LogP contribution < -0.4 is 21.9 Å². The maximum Gasteiger partial charge on any atom is 0.0768 e. The molecule has 0 radical (unpaired) electrons. The van der Waals surface area contributed by atoms with Gasteiger partial charge in [0.2, 0.25) is 0 Å². The quantitative estimate of drug-likeness (QED) is 0.108. The molecule has 70 valence electrons. The van der Waals surface area contributed by atoms with Crippen molar-refractivity contribution in [2.24, 2.45) is 11.0 Å². The third-order valence-electron chi connectivity index (χ3n) is 1.16. The van der Waals surface area contributed by atoms with Crippen LogP contribution in [0, 0.1) is 5.53 Å². The first-order valence-corrected chi connectivity index (χ1v) is 3.70. The summed E-state index contributed by atoms with van der Waals surface area (Å²) in [6.07, 6.45) is 0. The van der Waals surface area contributed by atoms with Crippen LogP contribution in [0.4, 0.5) is 0 Å². The largest absolute Gasteiger partial charge is 0.386 e. The zero-order chi connectivity index (χ0) is 9.23. The summed E-state index contributed by atoms with van der Waals surface area (Å²) in [6.45, 7) is 6.09. The lowest BCUT2D eigenvalue weighted by Crippen LogP contribution is -2.36. The minimum atomic E-state index is 0.480. The Hall–Kier alpha value is -0.980. The van der Waals surface area contributed by atoms with E-state index in [1.807, 2.05) is 0 Å². The lowest BCUT2D eigenvalue weighted by atomic mass is 10.4. The van der Waals surface area contributed by atoms with Crippen LogP contribution in [0.2, 0.25) is 0 Å². The van der Waals surface area contributed by atoms with Crippen LogP contribution in [-0.2, 0) is 0 Å². The molecular weight excluding hydrogens is 156 g/mol. The van der Waals surface area contributed by atoms with Crippen LogP contribution in [0.25, 0.3) is 0 Å². The third kappa shape index (κ3) is 7.13. The number of hydrogen-bond acceptors (Lipinski definition) is 6. The summed E-state index contributed by atoms with van der Waals surface area (Å²) in [4.78, 5) is 0. The molecular formula is C6H16N6. The van der Waals surface area contributed by atoms with E-state index < -0.39 is 0 Å². The fourth-order valence-electron chi connectivity index (χ4n) is 0.637. The molecule has 0 aliphatic carbocycles. The molecule has 0 aromatic carbocycles. The molecule has 0 heterocycles. The molecule has 6 heteroatoms. The predicted molar refractivity (Wildman–Crippen MR) is 47.4 cm³/mol. The number of hydrazine groups is 1. The second kappa shape index (κ2) is 8.12. The first-order chi connectivity index (χ1) is 5.81. The highest BCUT2D eigenvalue weighted by Crippen LogP contribution is 1.78. The van der Waals surface area contributed by atoms with Gasteiger partial charge in [-0.3, -0.25) is 11.2 Å². The molecule has 0 saturated carbocycles. The second-order valence-electron chi connectivity index (χ2n) is 2.22. The van der Waals surface area contributed by atoms with Gasteiger partial charge in [-0.2, -0.15) is 5.11 Å². The maximum atomic E-state index is 6.53. The van der Waals surface area contributed by atoms with Crippen molar-refractivity contribution in [3.63, 3.8) is 0 Å². The number of hydrogen-bond donors (Lipinski definition) is 5. The standard InChI is InChI=1S/C6H16N6/c1-6(4-9-5-12-8)10-2-3-11-7/h7,9-10,12H,1-5,8H2. The first-order valence-electron chi connectivity index (χ1n) is 3.70. The highest BCUT2D eigenvalue weighted by Gasteiger charge is 1.90. The van der Waals surface area contributed by atoms with Crippen molar-refractivity contribution < 1.29 is 0 Å². The average Bonchev–Trinajstić information content (AvgIpc) is 2.06. The van der Waals surface area contributed by atoms with Crippen molar-refractivity contribution in [3.8, 4) is 0 Å². The SMILES string of the molecule is C=C(CNCNN)NCCN=N. The molecule has 0 spiro atoms. The van der Waals surface area contributed by atoms with Gasteiger partial charge in [-0.05, 0) is 0 Å². The van der Waals surface area contributed by atoms with E-state index in [0.717, 1.165) is 5.70 Å². The van der Waals surface area contributed by atoms with Crippen molar-refractivity contribution in [1.29, 1.82) is 5.53 Å². The van der Waals surface area contributed by atoms with E-state index in [1.165, 1.54) is 0 Å². The number of nitrogens with two attached hydrogens (primary N) is 1. The summed E-state index contributed by atoms with van der Waals surface area (Å²) in [6, 6.07) is 0. The van der Waals surface area contributed by atoms with E-state index in [4.69, 9.17) is 11.4 Å². The second-order valence-corrected chi connectivity index (χ2v) is 2.22. The number of nitrogens with zero attached hydrogens (tertiary/aromatic N) is 1. The maximum absolute atomic E-state index is 6.53. The van der Waals surface area contributed by atoms with Crippen molar-refractivity contribution >= 4 is 0 Å². The lowest BCUT2D eigenvalue weighted by Gasteiger charge is -2.08.